The molecule has 0 unspecified atom stereocenters. The summed E-state index contributed by atoms with van der Waals surface area (Å²) in [5.74, 6) is -0.857. The number of nitrogens with one attached hydrogen (secondary N) is 1. The molecule has 7 heteroatoms. The second-order valence-electron chi connectivity index (χ2n) is 4.22. The number of amides is 1. The lowest BCUT2D eigenvalue weighted by Crippen LogP contribution is -2.12. The summed E-state index contributed by atoms with van der Waals surface area (Å²) in [4.78, 5) is 23.1. The predicted octanol–water partition coefficient (Wildman–Crippen LogP) is 2.77. The largest absolute Gasteiger partial charge is 0.461 e. The summed E-state index contributed by atoms with van der Waals surface area (Å²) >= 11 is 3.38. The van der Waals surface area contributed by atoms with E-state index in [0.29, 0.717) is 5.69 Å². The minimum atomic E-state index is -0.574. The molecule has 2 rings (SSSR count). The van der Waals surface area contributed by atoms with Gasteiger partial charge < -0.3 is 10.1 Å². The van der Waals surface area contributed by atoms with Crippen LogP contribution < -0.4 is 5.32 Å². The van der Waals surface area contributed by atoms with E-state index < -0.39 is 5.97 Å². The number of nitrogens with zero attached hydrogens (tertiary/aromatic N) is 2. The molecule has 6 nitrogen and oxygen atoms in total. The summed E-state index contributed by atoms with van der Waals surface area (Å²) in [7, 11) is 0. The maximum absolute atomic E-state index is 11.9. The number of hydrogen-bond acceptors (Lipinski definition) is 4. The molecular weight excluding hydrogens is 338 g/mol. The number of aromatic nitrogens is 2. The van der Waals surface area contributed by atoms with Gasteiger partial charge in [0.15, 0.2) is 5.69 Å². The molecule has 1 amide bonds. The molecule has 2 aromatic rings. The van der Waals surface area contributed by atoms with Gasteiger partial charge in [-0.25, -0.2) is 9.48 Å². The third-order valence-corrected chi connectivity index (χ3v) is 3.06. The Balaban J connectivity index is 2.44. The number of ether oxygens (including phenoxy) is 1. The number of anilines is 1. The van der Waals surface area contributed by atoms with Crippen molar-refractivity contribution in [3.63, 3.8) is 0 Å². The van der Waals surface area contributed by atoms with E-state index in [0.717, 1.165) is 10.2 Å². The average Bonchev–Trinajstić information content (AvgIpc) is 2.82. The molecule has 21 heavy (non-hydrogen) atoms. The first-order valence-corrected chi connectivity index (χ1v) is 7.11. The van der Waals surface area contributed by atoms with Crippen LogP contribution >= 0.6 is 15.9 Å². The van der Waals surface area contributed by atoms with Crippen molar-refractivity contribution in [1.82, 2.24) is 9.78 Å². The number of carbonyl (C=O) groups excluding carboxylic acids is 2. The van der Waals surface area contributed by atoms with Crippen molar-refractivity contribution < 1.29 is 14.3 Å². The van der Waals surface area contributed by atoms with Gasteiger partial charge in [0.1, 0.15) is 0 Å². The lowest BCUT2D eigenvalue weighted by Gasteiger charge is -2.01. The molecule has 0 atom stereocenters. The van der Waals surface area contributed by atoms with E-state index >= 15 is 0 Å². The Kier molecular flexibility index (Phi) is 4.74. The molecule has 110 valence electrons. The number of benzene rings is 1. The molecule has 0 spiro atoms. The zero-order valence-electron chi connectivity index (χ0n) is 11.6. The molecular formula is C14H14BrN3O3. The number of esters is 1. The standard InChI is InChI=1S/C14H14BrN3O3/c1-3-21-14(20)13-12(16-9(2)19)8-18(17-13)11-6-4-5-10(15)7-11/h4-8H,3H2,1-2H3,(H,16,19). The van der Waals surface area contributed by atoms with Gasteiger partial charge in [0.05, 0.1) is 24.2 Å². The maximum atomic E-state index is 11.9. The average molecular weight is 352 g/mol. The van der Waals surface area contributed by atoms with E-state index in [-0.39, 0.29) is 18.2 Å². The van der Waals surface area contributed by atoms with E-state index in [1.54, 1.807) is 13.1 Å². The summed E-state index contributed by atoms with van der Waals surface area (Å²) < 4.78 is 7.35. The maximum Gasteiger partial charge on any atom is 0.361 e. The third-order valence-electron chi connectivity index (χ3n) is 2.57. The normalized spacial score (nSPS) is 10.2. The Hall–Kier alpha value is -2.15. The SMILES string of the molecule is CCOC(=O)c1nn(-c2cccc(Br)c2)cc1NC(C)=O. The Bertz CT molecular complexity index is 682. The molecule has 0 aliphatic heterocycles. The van der Waals surface area contributed by atoms with Crippen molar-refractivity contribution >= 4 is 33.5 Å². The van der Waals surface area contributed by atoms with Crippen molar-refractivity contribution in [3.05, 3.63) is 40.6 Å². The van der Waals surface area contributed by atoms with Crippen molar-refractivity contribution in [2.75, 3.05) is 11.9 Å². The second-order valence-corrected chi connectivity index (χ2v) is 5.13. The van der Waals surface area contributed by atoms with Gasteiger partial charge in [-0.05, 0) is 25.1 Å². The van der Waals surface area contributed by atoms with Crippen LogP contribution in [0.1, 0.15) is 24.3 Å². The fraction of sp³-hybridized carbons (Fsp3) is 0.214. The van der Waals surface area contributed by atoms with Gasteiger partial charge in [-0.1, -0.05) is 22.0 Å². The molecule has 0 saturated heterocycles. The quantitative estimate of drug-likeness (QED) is 0.859. The van der Waals surface area contributed by atoms with Gasteiger partial charge in [-0.3, -0.25) is 4.79 Å². The highest BCUT2D eigenvalue weighted by molar-refractivity contribution is 9.10. The number of hydrogen-bond donors (Lipinski definition) is 1. The van der Waals surface area contributed by atoms with Crippen molar-refractivity contribution in [3.8, 4) is 5.69 Å². The lowest BCUT2D eigenvalue weighted by atomic mass is 10.3. The molecule has 0 aliphatic rings. The van der Waals surface area contributed by atoms with Crippen molar-refractivity contribution in [2.45, 2.75) is 13.8 Å². The molecule has 0 bridgehead atoms. The van der Waals surface area contributed by atoms with Crippen LogP contribution in [0.25, 0.3) is 5.69 Å². The molecule has 1 N–H and O–H groups in total. The van der Waals surface area contributed by atoms with Gasteiger partial charge in [-0.15, -0.1) is 0 Å². The highest BCUT2D eigenvalue weighted by atomic mass is 79.9. The number of halogens is 1. The number of carbonyl (C=O) groups is 2. The third kappa shape index (κ3) is 3.69. The zero-order valence-corrected chi connectivity index (χ0v) is 13.2. The first-order chi connectivity index (χ1) is 10.0. The van der Waals surface area contributed by atoms with E-state index in [4.69, 9.17) is 4.74 Å². The summed E-state index contributed by atoms with van der Waals surface area (Å²) in [6.07, 6.45) is 1.58. The van der Waals surface area contributed by atoms with Crippen LogP contribution in [0.15, 0.2) is 34.9 Å². The molecule has 0 saturated carbocycles. The molecule has 1 heterocycles. The van der Waals surface area contributed by atoms with Gasteiger partial charge >= 0.3 is 5.97 Å². The van der Waals surface area contributed by atoms with Crippen LogP contribution in [0.5, 0.6) is 0 Å². The predicted molar refractivity (Wildman–Crippen MR) is 81.5 cm³/mol. The Morgan fingerprint density at radius 2 is 2.19 bits per heavy atom. The van der Waals surface area contributed by atoms with Gasteiger partial charge in [0.25, 0.3) is 0 Å². The molecule has 0 aliphatic carbocycles. The first kappa shape index (κ1) is 15.2. The fourth-order valence-electron chi connectivity index (χ4n) is 1.76. The van der Waals surface area contributed by atoms with Crippen LogP contribution in [-0.2, 0) is 9.53 Å². The molecule has 1 aromatic heterocycles. The lowest BCUT2D eigenvalue weighted by molar-refractivity contribution is -0.114. The van der Waals surface area contributed by atoms with Crippen LogP contribution in [0, 0.1) is 0 Å². The van der Waals surface area contributed by atoms with Crippen molar-refractivity contribution in [1.29, 1.82) is 0 Å². The van der Waals surface area contributed by atoms with Gasteiger partial charge in [0, 0.05) is 11.4 Å². The van der Waals surface area contributed by atoms with E-state index in [1.807, 2.05) is 24.3 Å². The second kappa shape index (κ2) is 6.53. The smallest absolute Gasteiger partial charge is 0.361 e. The minimum Gasteiger partial charge on any atom is -0.461 e. The summed E-state index contributed by atoms with van der Waals surface area (Å²) in [6.45, 7) is 3.31. The summed E-state index contributed by atoms with van der Waals surface area (Å²) in [5.41, 5.74) is 1.15. The van der Waals surface area contributed by atoms with Crippen LogP contribution in [-0.4, -0.2) is 28.3 Å². The molecule has 0 fully saturated rings. The Labute approximate surface area is 130 Å². The highest BCUT2D eigenvalue weighted by Crippen LogP contribution is 2.20. The Morgan fingerprint density at radius 1 is 1.43 bits per heavy atom. The number of rotatable bonds is 4. The summed E-state index contributed by atoms with van der Waals surface area (Å²) in [5, 5.41) is 6.78. The van der Waals surface area contributed by atoms with Gasteiger partial charge in [0.2, 0.25) is 5.91 Å². The topological polar surface area (TPSA) is 73.2 Å². The summed E-state index contributed by atoms with van der Waals surface area (Å²) in [6, 6.07) is 7.42. The minimum absolute atomic E-state index is 0.0759. The van der Waals surface area contributed by atoms with Crippen LogP contribution in [0.4, 0.5) is 5.69 Å². The van der Waals surface area contributed by atoms with Crippen molar-refractivity contribution in [2.24, 2.45) is 0 Å². The fourth-order valence-corrected chi connectivity index (χ4v) is 2.14. The first-order valence-electron chi connectivity index (χ1n) is 6.31. The van der Waals surface area contributed by atoms with Crippen LogP contribution in [0.2, 0.25) is 0 Å². The zero-order chi connectivity index (χ0) is 15.4. The molecule has 1 aromatic carbocycles. The van der Waals surface area contributed by atoms with E-state index in [9.17, 15) is 9.59 Å². The van der Waals surface area contributed by atoms with E-state index in [1.165, 1.54) is 11.6 Å². The Morgan fingerprint density at radius 3 is 2.81 bits per heavy atom. The van der Waals surface area contributed by atoms with Crippen LogP contribution in [0.3, 0.4) is 0 Å². The highest BCUT2D eigenvalue weighted by Gasteiger charge is 2.19. The van der Waals surface area contributed by atoms with E-state index in [2.05, 4.69) is 26.3 Å². The molecule has 0 radical (unpaired) electrons. The van der Waals surface area contributed by atoms with Gasteiger partial charge in [-0.2, -0.15) is 5.10 Å². The monoisotopic (exact) mass is 351 g/mol.